The molecule has 116 valence electrons. The molecule has 0 saturated carbocycles. The Bertz CT molecular complexity index is 481. The van der Waals surface area contributed by atoms with E-state index in [1.807, 2.05) is 20.8 Å². The number of para-hydroxylation sites is 2. The quantitative estimate of drug-likeness (QED) is 0.571. The number of hydrogen-bond donors (Lipinski definition) is 0. The minimum atomic E-state index is -0.492. The van der Waals surface area contributed by atoms with E-state index in [-0.39, 0.29) is 24.9 Å². The van der Waals surface area contributed by atoms with Crippen LogP contribution in [0.5, 0.6) is 11.5 Å². The normalized spacial score (nSPS) is 11.9. The molecule has 1 atom stereocenters. The molecule has 0 aliphatic rings. The molecule has 0 fully saturated rings. The average Bonchev–Trinajstić information content (AvgIpc) is 2.45. The molecule has 5 nitrogen and oxygen atoms in total. The van der Waals surface area contributed by atoms with Crippen molar-refractivity contribution in [3.8, 4) is 11.5 Å². The second kappa shape index (κ2) is 8.29. The summed E-state index contributed by atoms with van der Waals surface area (Å²) in [6.45, 7) is 5.76. The van der Waals surface area contributed by atoms with Gasteiger partial charge in [-0.15, -0.1) is 0 Å². The molecule has 0 N–H and O–H groups in total. The van der Waals surface area contributed by atoms with Crippen LogP contribution in [0.15, 0.2) is 24.3 Å². The third-order valence-electron chi connectivity index (χ3n) is 3.08. The van der Waals surface area contributed by atoms with Crippen molar-refractivity contribution in [2.45, 2.75) is 39.7 Å². The summed E-state index contributed by atoms with van der Waals surface area (Å²) in [6.07, 6.45) is -0.185. The monoisotopic (exact) mass is 294 g/mol. The van der Waals surface area contributed by atoms with E-state index in [1.165, 1.54) is 7.11 Å². The van der Waals surface area contributed by atoms with Gasteiger partial charge in [0.15, 0.2) is 11.5 Å². The zero-order chi connectivity index (χ0) is 15.8. The molecule has 0 amide bonds. The smallest absolute Gasteiger partial charge is 0.311 e. The van der Waals surface area contributed by atoms with E-state index in [9.17, 15) is 9.59 Å². The Morgan fingerprint density at radius 1 is 1.00 bits per heavy atom. The zero-order valence-corrected chi connectivity index (χ0v) is 12.9. The summed E-state index contributed by atoms with van der Waals surface area (Å²) in [5.41, 5.74) is 0. The second-order valence-electron chi connectivity index (χ2n) is 5.06. The van der Waals surface area contributed by atoms with Crippen molar-refractivity contribution >= 4 is 11.9 Å². The fourth-order valence-corrected chi connectivity index (χ4v) is 1.48. The van der Waals surface area contributed by atoms with Gasteiger partial charge in [-0.1, -0.05) is 26.0 Å². The Morgan fingerprint density at radius 2 is 1.57 bits per heavy atom. The molecule has 0 aromatic heterocycles. The third-order valence-corrected chi connectivity index (χ3v) is 3.08. The van der Waals surface area contributed by atoms with Gasteiger partial charge in [0, 0.05) is 0 Å². The summed E-state index contributed by atoms with van der Waals surface area (Å²) in [6, 6.07) is 6.85. The van der Waals surface area contributed by atoms with Gasteiger partial charge in [-0.2, -0.15) is 0 Å². The minimum absolute atomic E-state index is 0.00500. The lowest BCUT2D eigenvalue weighted by Gasteiger charge is -2.16. The molecule has 0 aliphatic heterocycles. The number of esters is 2. The molecule has 0 spiro atoms. The highest BCUT2D eigenvalue weighted by Gasteiger charge is 2.16. The Morgan fingerprint density at radius 3 is 2.14 bits per heavy atom. The van der Waals surface area contributed by atoms with Crippen molar-refractivity contribution in [2.75, 3.05) is 7.11 Å². The number of benzene rings is 1. The number of ether oxygens (including phenoxy) is 3. The van der Waals surface area contributed by atoms with Crippen LogP contribution in [0.25, 0.3) is 0 Å². The summed E-state index contributed by atoms with van der Waals surface area (Å²) in [5.74, 6) is 0.173. The molecule has 21 heavy (non-hydrogen) atoms. The first-order valence-corrected chi connectivity index (χ1v) is 6.97. The molecule has 0 saturated heterocycles. The SMILES string of the molecule is COc1ccccc1OC(=O)CCC(=O)OC(C)C(C)C. The molecule has 0 bridgehead atoms. The summed E-state index contributed by atoms with van der Waals surface area (Å²) in [4.78, 5) is 23.3. The highest BCUT2D eigenvalue weighted by molar-refractivity contribution is 5.79. The number of carbonyl (C=O) groups excluding carboxylic acids is 2. The molecule has 0 aliphatic carbocycles. The Labute approximate surface area is 125 Å². The predicted octanol–water partition coefficient (Wildman–Crippen LogP) is 2.97. The largest absolute Gasteiger partial charge is 0.493 e. The van der Waals surface area contributed by atoms with Gasteiger partial charge in [-0.3, -0.25) is 9.59 Å². The first-order valence-electron chi connectivity index (χ1n) is 6.97. The van der Waals surface area contributed by atoms with Crippen molar-refractivity contribution in [3.05, 3.63) is 24.3 Å². The van der Waals surface area contributed by atoms with Crippen molar-refractivity contribution in [1.82, 2.24) is 0 Å². The van der Waals surface area contributed by atoms with Gasteiger partial charge < -0.3 is 14.2 Å². The maximum absolute atomic E-state index is 11.7. The van der Waals surface area contributed by atoms with E-state index >= 15 is 0 Å². The maximum atomic E-state index is 11.7. The van der Waals surface area contributed by atoms with Gasteiger partial charge in [0.25, 0.3) is 0 Å². The molecular formula is C16H22O5. The van der Waals surface area contributed by atoms with Crippen LogP contribution in [-0.2, 0) is 14.3 Å². The van der Waals surface area contributed by atoms with Gasteiger partial charge in [-0.25, -0.2) is 0 Å². The van der Waals surface area contributed by atoms with Crippen LogP contribution in [0.3, 0.4) is 0 Å². The van der Waals surface area contributed by atoms with E-state index in [1.54, 1.807) is 24.3 Å². The first kappa shape index (κ1) is 17.0. The van der Waals surface area contributed by atoms with Gasteiger partial charge >= 0.3 is 11.9 Å². The molecule has 1 aromatic rings. The Kier molecular flexibility index (Phi) is 6.72. The summed E-state index contributed by atoms with van der Waals surface area (Å²) in [5, 5.41) is 0. The van der Waals surface area contributed by atoms with Crippen LogP contribution in [0, 0.1) is 5.92 Å². The third kappa shape index (κ3) is 5.85. The molecule has 1 aromatic carbocycles. The molecule has 0 radical (unpaired) electrons. The van der Waals surface area contributed by atoms with E-state index in [2.05, 4.69) is 0 Å². The van der Waals surface area contributed by atoms with E-state index in [0.717, 1.165) is 0 Å². The van der Waals surface area contributed by atoms with Gasteiger partial charge in [0.1, 0.15) is 6.10 Å². The van der Waals surface area contributed by atoms with Crippen molar-refractivity contribution in [2.24, 2.45) is 5.92 Å². The molecule has 1 unspecified atom stereocenters. The van der Waals surface area contributed by atoms with E-state index < -0.39 is 11.9 Å². The highest BCUT2D eigenvalue weighted by atomic mass is 16.6. The minimum Gasteiger partial charge on any atom is -0.493 e. The van der Waals surface area contributed by atoms with Crippen LogP contribution in [-0.4, -0.2) is 25.2 Å². The predicted molar refractivity (Wildman–Crippen MR) is 78.3 cm³/mol. The standard InChI is InChI=1S/C16H22O5/c1-11(2)12(3)20-15(17)9-10-16(18)21-14-8-6-5-7-13(14)19-4/h5-8,11-12H,9-10H2,1-4H3. The van der Waals surface area contributed by atoms with Crippen LogP contribution in [0.2, 0.25) is 0 Å². The lowest BCUT2D eigenvalue weighted by Crippen LogP contribution is -2.21. The molecule has 5 heteroatoms. The lowest BCUT2D eigenvalue weighted by atomic mass is 10.1. The molecular weight excluding hydrogens is 272 g/mol. The summed E-state index contributed by atoms with van der Waals surface area (Å²) in [7, 11) is 1.50. The van der Waals surface area contributed by atoms with E-state index in [0.29, 0.717) is 11.5 Å². The first-order chi connectivity index (χ1) is 9.93. The Balaban J connectivity index is 2.42. The lowest BCUT2D eigenvalue weighted by molar-refractivity contribution is -0.152. The van der Waals surface area contributed by atoms with Crippen molar-refractivity contribution < 1.29 is 23.8 Å². The number of carbonyl (C=O) groups is 2. The maximum Gasteiger partial charge on any atom is 0.311 e. The van der Waals surface area contributed by atoms with Gasteiger partial charge in [0.05, 0.1) is 20.0 Å². The van der Waals surface area contributed by atoms with Crippen LogP contribution in [0.4, 0.5) is 0 Å². The molecule has 0 heterocycles. The van der Waals surface area contributed by atoms with Crippen molar-refractivity contribution in [1.29, 1.82) is 0 Å². The topological polar surface area (TPSA) is 61.8 Å². The van der Waals surface area contributed by atoms with Crippen LogP contribution >= 0.6 is 0 Å². The fourth-order valence-electron chi connectivity index (χ4n) is 1.48. The summed E-state index contributed by atoms with van der Waals surface area (Å²) >= 11 is 0. The Hall–Kier alpha value is -2.04. The molecule has 1 rings (SSSR count). The highest BCUT2D eigenvalue weighted by Crippen LogP contribution is 2.26. The van der Waals surface area contributed by atoms with Crippen LogP contribution in [0.1, 0.15) is 33.6 Å². The second-order valence-corrected chi connectivity index (χ2v) is 5.06. The van der Waals surface area contributed by atoms with E-state index in [4.69, 9.17) is 14.2 Å². The van der Waals surface area contributed by atoms with Gasteiger partial charge in [-0.05, 0) is 25.0 Å². The summed E-state index contributed by atoms with van der Waals surface area (Å²) < 4.78 is 15.4. The number of hydrogen-bond acceptors (Lipinski definition) is 5. The van der Waals surface area contributed by atoms with Crippen molar-refractivity contribution in [3.63, 3.8) is 0 Å². The average molecular weight is 294 g/mol. The number of rotatable bonds is 7. The van der Waals surface area contributed by atoms with Crippen LogP contribution < -0.4 is 9.47 Å². The van der Waals surface area contributed by atoms with Gasteiger partial charge in [0.2, 0.25) is 0 Å². The fraction of sp³-hybridized carbons (Fsp3) is 0.500. The number of methoxy groups -OCH3 is 1. The zero-order valence-electron chi connectivity index (χ0n) is 12.9.